The molecule has 2 rings (SSSR count). The van der Waals surface area contributed by atoms with E-state index in [9.17, 15) is 24.3 Å². The largest absolute Gasteiger partial charge is 0.481 e. The van der Waals surface area contributed by atoms with Crippen molar-refractivity contribution >= 4 is 23.9 Å². The quantitative estimate of drug-likeness (QED) is 0.232. The molecule has 0 saturated heterocycles. The molecule has 7 N–H and O–H groups in total. The number of hydrogen-bond donors (Lipinski definition) is 5. The molecular formula is C26H34N4O6. The number of alkyl carbamates (subject to hydrolysis) is 1. The second-order valence-corrected chi connectivity index (χ2v) is 8.51. The zero-order valence-electron chi connectivity index (χ0n) is 20.1. The number of amides is 3. The first-order chi connectivity index (χ1) is 17.3. The zero-order valence-corrected chi connectivity index (χ0v) is 20.1. The van der Waals surface area contributed by atoms with Crippen molar-refractivity contribution in [2.24, 2.45) is 17.4 Å². The summed E-state index contributed by atoms with van der Waals surface area (Å²) in [5.74, 6) is -3.40. The Kier molecular flexibility index (Phi) is 11.9. The molecule has 0 aliphatic heterocycles. The van der Waals surface area contributed by atoms with Crippen LogP contribution < -0.4 is 22.1 Å². The topological polar surface area (TPSA) is 174 Å². The van der Waals surface area contributed by atoms with Crippen molar-refractivity contribution < 1.29 is 29.0 Å². The predicted molar refractivity (Wildman–Crippen MR) is 133 cm³/mol. The number of ether oxygens (including phenoxy) is 1. The molecule has 0 fully saturated rings. The van der Waals surface area contributed by atoms with E-state index in [1.54, 1.807) is 24.3 Å². The van der Waals surface area contributed by atoms with Crippen molar-refractivity contribution in [3.05, 3.63) is 71.8 Å². The molecule has 0 heterocycles. The number of hydrogen-bond acceptors (Lipinski definition) is 6. The van der Waals surface area contributed by atoms with Crippen LogP contribution >= 0.6 is 0 Å². The van der Waals surface area contributed by atoms with Gasteiger partial charge in [0.05, 0.1) is 12.0 Å². The van der Waals surface area contributed by atoms with Gasteiger partial charge in [-0.1, -0.05) is 60.7 Å². The van der Waals surface area contributed by atoms with E-state index in [1.165, 1.54) is 0 Å². The van der Waals surface area contributed by atoms with Crippen LogP contribution in [0.3, 0.4) is 0 Å². The number of carbonyl (C=O) groups excluding carboxylic acids is 3. The zero-order chi connectivity index (χ0) is 26.3. The van der Waals surface area contributed by atoms with E-state index in [1.807, 2.05) is 36.4 Å². The van der Waals surface area contributed by atoms with Gasteiger partial charge in [0.2, 0.25) is 11.8 Å². The lowest BCUT2D eigenvalue weighted by molar-refractivity contribution is -0.142. The highest BCUT2D eigenvalue weighted by atomic mass is 16.5. The molecule has 0 aliphatic carbocycles. The minimum atomic E-state index is -1.16. The molecule has 0 radical (unpaired) electrons. The molecule has 3 atom stereocenters. The Hall–Kier alpha value is -3.92. The highest BCUT2D eigenvalue weighted by molar-refractivity contribution is 5.89. The number of carboxylic acids is 1. The van der Waals surface area contributed by atoms with Gasteiger partial charge in [0, 0.05) is 6.54 Å². The highest BCUT2D eigenvalue weighted by Gasteiger charge is 2.28. The van der Waals surface area contributed by atoms with E-state index in [0.29, 0.717) is 25.8 Å². The SMILES string of the molecule is NC(=O)[C@H](CC(Cc1ccccc1)C(=O)O)NC(=O)[C@@H](N)CCCCNC(=O)OCc1ccccc1. The number of benzene rings is 2. The van der Waals surface area contributed by atoms with Gasteiger partial charge in [-0.15, -0.1) is 0 Å². The van der Waals surface area contributed by atoms with Gasteiger partial charge in [-0.25, -0.2) is 4.79 Å². The molecule has 36 heavy (non-hydrogen) atoms. The molecule has 0 aliphatic rings. The molecule has 10 heteroatoms. The van der Waals surface area contributed by atoms with Crippen LogP contribution in [0, 0.1) is 5.92 Å². The monoisotopic (exact) mass is 498 g/mol. The van der Waals surface area contributed by atoms with Gasteiger partial charge in [0.1, 0.15) is 12.6 Å². The lowest BCUT2D eigenvalue weighted by Gasteiger charge is -2.22. The predicted octanol–water partition coefficient (Wildman–Crippen LogP) is 1.71. The summed E-state index contributed by atoms with van der Waals surface area (Å²) in [6, 6.07) is 16.2. The first kappa shape index (κ1) is 28.3. The van der Waals surface area contributed by atoms with Crippen molar-refractivity contribution in [3.63, 3.8) is 0 Å². The van der Waals surface area contributed by atoms with Crippen LogP contribution in [0.25, 0.3) is 0 Å². The number of rotatable bonds is 15. The van der Waals surface area contributed by atoms with Crippen LogP contribution in [-0.2, 0) is 32.1 Å². The van der Waals surface area contributed by atoms with E-state index in [4.69, 9.17) is 16.2 Å². The number of nitrogens with one attached hydrogen (secondary N) is 2. The lowest BCUT2D eigenvalue weighted by atomic mass is 9.92. The smallest absolute Gasteiger partial charge is 0.407 e. The van der Waals surface area contributed by atoms with Crippen LogP contribution in [-0.4, -0.2) is 47.6 Å². The second kappa shape index (κ2) is 15.2. The van der Waals surface area contributed by atoms with Gasteiger partial charge in [0.15, 0.2) is 0 Å². The van der Waals surface area contributed by atoms with E-state index < -0.39 is 41.9 Å². The third-order valence-electron chi connectivity index (χ3n) is 5.62. The van der Waals surface area contributed by atoms with E-state index >= 15 is 0 Å². The normalized spacial score (nSPS) is 13.1. The molecule has 0 saturated carbocycles. The fourth-order valence-corrected chi connectivity index (χ4v) is 3.56. The van der Waals surface area contributed by atoms with Crippen molar-refractivity contribution in [2.75, 3.05) is 6.54 Å². The summed E-state index contributed by atoms with van der Waals surface area (Å²) in [7, 11) is 0. The van der Waals surface area contributed by atoms with Crippen molar-refractivity contribution in [1.29, 1.82) is 0 Å². The number of primary amides is 1. The van der Waals surface area contributed by atoms with Gasteiger partial charge >= 0.3 is 12.1 Å². The summed E-state index contributed by atoms with van der Waals surface area (Å²) in [5, 5.41) is 14.7. The number of nitrogens with two attached hydrogens (primary N) is 2. The van der Waals surface area contributed by atoms with Gasteiger partial charge in [-0.3, -0.25) is 14.4 Å². The molecular weight excluding hydrogens is 464 g/mol. The molecule has 10 nitrogen and oxygen atoms in total. The maximum Gasteiger partial charge on any atom is 0.407 e. The average molecular weight is 499 g/mol. The Morgan fingerprint density at radius 1 is 0.917 bits per heavy atom. The fourth-order valence-electron chi connectivity index (χ4n) is 3.56. The Balaban J connectivity index is 1.71. The first-order valence-corrected chi connectivity index (χ1v) is 11.8. The van der Waals surface area contributed by atoms with Crippen LogP contribution in [0.5, 0.6) is 0 Å². The van der Waals surface area contributed by atoms with Crippen molar-refractivity contribution in [3.8, 4) is 0 Å². The summed E-state index contributed by atoms with van der Waals surface area (Å²) >= 11 is 0. The minimum absolute atomic E-state index is 0.146. The van der Waals surface area contributed by atoms with E-state index in [-0.39, 0.29) is 19.4 Å². The van der Waals surface area contributed by atoms with Crippen LogP contribution in [0.4, 0.5) is 4.79 Å². The average Bonchev–Trinajstić information content (AvgIpc) is 2.87. The van der Waals surface area contributed by atoms with E-state index in [0.717, 1.165) is 11.1 Å². The summed E-state index contributed by atoms with van der Waals surface area (Å²) in [6.07, 6.45) is 0.938. The van der Waals surface area contributed by atoms with Crippen LogP contribution in [0.15, 0.2) is 60.7 Å². The molecule has 3 amide bonds. The number of carboxylic acid groups (broad SMARTS) is 1. The van der Waals surface area contributed by atoms with Gasteiger partial charge in [-0.05, 0) is 43.2 Å². The van der Waals surface area contributed by atoms with E-state index in [2.05, 4.69) is 10.6 Å². The summed E-state index contributed by atoms with van der Waals surface area (Å²) in [5.41, 5.74) is 13.0. The third-order valence-corrected chi connectivity index (χ3v) is 5.62. The molecule has 0 aromatic heterocycles. The van der Waals surface area contributed by atoms with Crippen molar-refractivity contribution in [2.45, 2.75) is 50.8 Å². The fraction of sp³-hybridized carbons (Fsp3) is 0.385. The Labute approximate surface area is 210 Å². The summed E-state index contributed by atoms with van der Waals surface area (Å²) < 4.78 is 5.12. The molecule has 2 aromatic rings. The maximum atomic E-state index is 12.5. The molecule has 194 valence electrons. The van der Waals surface area contributed by atoms with Gasteiger partial charge in [0.25, 0.3) is 0 Å². The summed E-state index contributed by atoms with van der Waals surface area (Å²) in [4.78, 5) is 47.8. The standard InChI is InChI=1S/C26H34N4O6/c27-21(13-7-8-14-29-26(35)36-17-19-11-5-2-6-12-19)24(32)30-22(23(28)31)16-20(25(33)34)15-18-9-3-1-4-10-18/h1-6,9-12,20-22H,7-8,13-17,27H2,(H2,28,31)(H,29,35)(H,30,32)(H,33,34)/t20?,21-,22-/m0/s1. The molecule has 1 unspecified atom stereocenters. The number of unbranched alkanes of at least 4 members (excludes halogenated alkanes) is 1. The van der Waals surface area contributed by atoms with Gasteiger partial charge in [-0.2, -0.15) is 0 Å². The molecule has 0 spiro atoms. The third kappa shape index (κ3) is 10.6. The Morgan fingerprint density at radius 2 is 1.53 bits per heavy atom. The van der Waals surface area contributed by atoms with Gasteiger partial charge < -0.3 is 31.9 Å². The Bertz CT molecular complexity index is 986. The maximum absolute atomic E-state index is 12.5. The second-order valence-electron chi connectivity index (χ2n) is 8.51. The van der Waals surface area contributed by atoms with Crippen LogP contribution in [0.2, 0.25) is 0 Å². The summed E-state index contributed by atoms with van der Waals surface area (Å²) in [6.45, 7) is 0.526. The van der Waals surface area contributed by atoms with Crippen molar-refractivity contribution in [1.82, 2.24) is 10.6 Å². The molecule has 2 aromatic carbocycles. The number of carbonyl (C=O) groups is 4. The minimum Gasteiger partial charge on any atom is -0.481 e. The number of aliphatic carboxylic acids is 1. The first-order valence-electron chi connectivity index (χ1n) is 11.8. The molecule has 0 bridgehead atoms. The van der Waals surface area contributed by atoms with Crippen LogP contribution in [0.1, 0.15) is 36.8 Å². The Morgan fingerprint density at radius 3 is 2.11 bits per heavy atom. The highest BCUT2D eigenvalue weighted by Crippen LogP contribution is 2.15. The lowest BCUT2D eigenvalue weighted by Crippen LogP contribution is -2.51.